The highest BCUT2D eigenvalue weighted by atomic mass is 32.2. The Kier molecular flexibility index (Phi) is 7.63. The average Bonchev–Trinajstić information content (AvgIpc) is 2.60. The van der Waals surface area contributed by atoms with Crippen molar-refractivity contribution in [2.24, 2.45) is 5.73 Å². The van der Waals surface area contributed by atoms with Gasteiger partial charge in [0.05, 0.1) is 11.4 Å². The first-order valence-corrected chi connectivity index (χ1v) is 8.94. The minimum atomic E-state index is 0.156. The van der Waals surface area contributed by atoms with Crippen LogP contribution in [-0.2, 0) is 17.1 Å². The number of amides is 1. The molecular formula is C18H23N3OS. The number of hydrogen-bond donors (Lipinski definition) is 1. The molecule has 0 unspecified atom stereocenters. The molecule has 0 bridgehead atoms. The van der Waals surface area contributed by atoms with Gasteiger partial charge < -0.3 is 10.6 Å². The van der Waals surface area contributed by atoms with Crippen LogP contribution in [0.4, 0.5) is 0 Å². The Hall–Kier alpha value is -1.85. The smallest absolute Gasteiger partial charge is 0.232 e. The number of pyridine rings is 1. The molecule has 5 heteroatoms. The van der Waals surface area contributed by atoms with Crippen molar-refractivity contribution in [3.05, 3.63) is 66.0 Å². The summed E-state index contributed by atoms with van der Waals surface area (Å²) in [6.45, 7) is 1.94. The maximum absolute atomic E-state index is 12.5. The van der Waals surface area contributed by atoms with Gasteiger partial charge in [0.2, 0.25) is 5.91 Å². The lowest BCUT2D eigenvalue weighted by Gasteiger charge is -2.22. The number of thioether (sulfide) groups is 1. The molecule has 1 aromatic heterocycles. The zero-order valence-corrected chi connectivity index (χ0v) is 14.0. The van der Waals surface area contributed by atoms with Crippen molar-refractivity contribution < 1.29 is 4.79 Å². The Morgan fingerprint density at radius 2 is 1.91 bits per heavy atom. The minimum Gasteiger partial charge on any atom is -0.338 e. The molecule has 2 rings (SSSR count). The maximum atomic E-state index is 12.5. The van der Waals surface area contributed by atoms with Gasteiger partial charge in [0.25, 0.3) is 0 Å². The van der Waals surface area contributed by atoms with E-state index in [-0.39, 0.29) is 5.91 Å². The number of nitrogens with two attached hydrogens (primary N) is 1. The van der Waals surface area contributed by atoms with Gasteiger partial charge in [-0.05, 0) is 30.7 Å². The van der Waals surface area contributed by atoms with E-state index in [9.17, 15) is 4.79 Å². The maximum Gasteiger partial charge on any atom is 0.232 e. The minimum absolute atomic E-state index is 0.156. The fourth-order valence-corrected chi connectivity index (χ4v) is 3.03. The number of nitrogens with zero attached hydrogens (tertiary/aromatic N) is 2. The van der Waals surface area contributed by atoms with Crippen LogP contribution in [0.25, 0.3) is 0 Å². The van der Waals surface area contributed by atoms with Crippen molar-refractivity contribution in [3.8, 4) is 0 Å². The molecule has 0 spiro atoms. The first-order valence-electron chi connectivity index (χ1n) is 7.79. The molecule has 1 heterocycles. The lowest BCUT2D eigenvalue weighted by molar-refractivity contribution is -0.129. The summed E-state index contributed by atoms with van der Waals surface area (Å²) in [5.74, 6) is 1.37. The molecule has 4 nitrogen and oxygen atoms in total. The third kappa shape index (κ3) is 6.42. The van der Waals surface area contributed by atoms with Crippen LogP contribution in [-0.4, -0.2) is 34.6 Å². The van der Waals surface area contributed by atoms with Crippen molar-refractivity contribution in [1.29, 1.82) is 0 Å². The predicted octanol–water partition coefficient (Wildman–Crippen LogP) is 2.69. The summed E-state index contributed by atoms with van der Waals surface area (Å²) in [4.78, 5) is 18.7. The van der Waals surface area contributed by atoms with Crippen LogP contribution in [0.2, 0.25) is 0 Å². The van der Waals surface area contributed by atoms with E-state index in [1.54, 1.807) is 18.0 Å². The molecule has 2 N–H and O–H groups in total. The monoisotopic (exact) mass is 329 g/mol. The van der Waals surface area contributed by atoms with Gasteiger partial charge in [-0.1, -0.05) is 36.4 Å². The normalized spacial score (nSPS) is 10.5. The number of carbonyl (C=O) groups excluding carboxylic acids is 1. The zero-order valence-electron chi connectivity index (χ0n) is 13.2. The van der Waals surface area contributed by atoms with Crippen LogP contribution in [0.3, 0.4) is 0 Å². The molecule has 23 heavy (non-hydrogen) atoms. The molecule has 0 fully saturated rings. The topological polar surface area (TPSA) is 59.2 Å². The standard InChI is InChI=1S/C18H23N3OS/c19-10-6-12-21(13-16-7-2-1-3-8-16)18(22)15-23-14-17-9-4-5-11-20-17/h1-5,7-9,11H,6,10,12-15,19H2. The first-order chi connectivity index (χ1) is 11.3. The Balaban J connectivity index is 1.85. The second-order valence-corrected chi connectivity index (χ2v) is 6.24. The van der Waals surface area contributed by atoms with E-state index in [4.69, 9.17) is 5.73 Å². The van der Waals surface area contributed by atoms with Crippen LogP contribution in [0.5, 0.6) is 0 Å². The molecule has 0 aliphatic carbocycles. The summed E-state index contributed by atoms with van der Waals surface area (Å²) < 4.78 is 0. The summed E-state index contributed by atoms with van der Waals surface area (Å²) >= 11 is 1.60. The van der Waals surface area contributed by atoms with E-state index in [1.807, 2.05) is 53.4 Å². The van der Waals surface area contributed by atoms with Crippen LogP contribution < -0.4 is 5.73 Å². The third-order valence-corrected chi connectivity index (χ3v) is 4.35. The molecule has 1 aromatic carbocycles. The molecule has 0 aliphatic rings. The largest absolute Gasteiger partial charge is 0.338 e. The van der Waals surface area contributed by atoms with E-state index in [1.165, 1.54) is 0 Å². The summed E-state index contributed by atoms with van der Waals surface area (Å²) in [5, 5.41) is 0. The quantitative estimate of drug-likeness (QED) is 0.768. The lowest BCUT2D eigenvalue weighted by atomic mass is 10.2. The van der Waals surface area contributed by atoms with Crippen LogP contribution in [0.15, 0.2) is 54.7 Å². The molecular weight excluding hydrogens is 306 g/mol. The fraction of sp³-hybridized carbons (Fsp3) is 0.333. The molecule has 0 aliphatic heterocycles. The fourth-order valence-electron chi connectivity index (χ4n) is 2.20. The van der Waals surface area contributed by atoms with Crippen LogP contribution in [0, 0.1) is 0 Å². The van der Waals surface area contributed by atoms with E-state index in [0.717, 1.165) is 23.4 Å². The highest BCUT2D eigenvalue weighted by Crippen LogP contribution is 2.12. The van der Waals surface area contributed by atoms with Crippen molar-refractivity contribution >= 4 is 17.7 Å². The molecule has 2 aromatic rings. The molecule has 1 amide bonds. The molecule has 0 saturated heterocycles. The Morgan fingerprint density at radius 1 is 1.13 bits per heavy atom. The van der Waals surface area contributed by atoms with E-state index < -0.39 is 0 Å². The van der Waals surface area contributed by atoms with E-state index >= 15 is 0 Å². The number of benzene rings is 1. The Morgan fingerprint density at radius 3 is 2.61 bits per heavy atom. The van der Waals surface area contributed by atoms with Crippen LogP contribution >= 0.6 is 11.8 Å². The van der Waals surface area contributed by atoms with Gasteiger partial charge in [-0.25, -0.2) is 0 Å². The third-order valence-electron chi connectivity index (χ3n) is 3.40. The van der Waals surface area contributed by atoms with Crippen molar-refractivity contribution in [3.63, 3.8) is 0 Å². The van der Waals surface area contributed by atoms with Gasteiger partial charge in [0, 0.05) is 25.0 Å². The van der Waals surface area contributed by atoms with Gasteiger partial charge in [0.1, 0.15) is 0 Å². The van der Waals surface area contributed by atoms with Gasteiger partial charge >= 0.3 is 0 Å². The number of aromatic nitrogens is 1. The number of hydrogen-bond acceptors (Lipinski definition) is 4. The van der Waals surface area contributed by atoms with Gasteiger partial charge in [-0.3, -0.25) is 9.78 Å². The van der Waals surface area contributed by atoms with Gasteiger partial charge in [0.15, 0.2) is 0 Å². The summed E-state index contributed by atoms with van der Waals surface area (Å²) in [6.07, 6.45) is 2.60. The summed E-state index contributed by atoms with van der Waals surface area (Å²) in [7, 11) is 0. The predicted molar refractivity (Wildman–Crippen MR) is 95.9 cm³/mol. The highest BCUT2D eigenvalue weighted by Gasteiger charge is 2.13. The van der Waals surface area contributed by atoms with Gasteiger partial charge in [-0.15, -0.1) is 11.8 Å². The van der Waals surface area contributed by atoms with Crippen LogP contribution in [0.1, 0.15) is 17.7 Å². The van der Waals surface area contributed by atoms with Crippen molar-refractivity contribution in [2.45, 2.75) is 18.7 Å². The molecule has 122 valence electrons. The number of carbonyl (C=O) groups is 1. The SMILES string of the molecule is NCCCN(Cc1ccccc1)C(=O)CSCc1ccccn1. The summed E-state index contributed by atoms with van der Waals surface area (Å²) in [5.41, 5.74) is 7.74. The zero-order chi connectivity index (χ0) is 16.3. The van der Waals surface area contributed by atoms with Crippen molar-refractivity contribution in [2.75, 3.05) is 18.8 Å². The Labute approximate surface area is 142 Å². The van der Waals surface area contributed by atoms with E-state index in [0.29, 0.717) is 25.4 Å². The number of rotatable bonds is 9. The average molecular weight is 329 g/mol. The molecule has 0 saturated carbocycles. The molecule has 0 radical (unpaired) electrons. The first kappa shape index (κ1) is 17.5. The van der Waals surface area contributed by atoms with E-state index in [2.05, 4.69) is 4.98 Å². The Bertz CT molecular complexity index is 577. The molecule has 0 atom stereocenters. The lowest BCUT2D eigenvalue weighted by Crippen LogP contribution is -2.33. The van der Waals surface area contributed by atoms with Crippen molar-refractivity contribution in [1.82, 2.24) is 9.88 Å². The second kappa shape index (κ2) is 10.0. The summed E-state index contributed by atoms with van der Waals surface area (Å²) in [6, 6.07) is 15.9. The highest BCUT2D eigenvalue weighted by molar-refractivity contribution is 7.99. The van der Waals surface area contributed by atoms with Gasteiger partial charge in [-0.2, -0.15) is 0 Å². The second-order valence-electron chi connectivity index (χ2n) is 5.26.